The van der Waals surface area contributed by atoms with Gasteiger partial charge in [0.2, 0.25) is 0 Å². The Hall–Kier alpha value is -2.05. The summed E-state index contributed by atoms with van der Waals surface area (Å²) >= 11 is 1.73. The van der Waals surface area contributed by atoms with Crippen LogP contribution < -0.4 is 15.4 Å². The zero-order valence-electron chi connectivity index (χ0n) is 13.9. The maximum atomic E-state index is 12.7. The second-order valence-electron chi connectivity index (χ2n) is 6.15. The number of likely N-dealkylation sites (N-methyl/N-ethyl adjacent to an activating group) is 1. The highest BCUT2D eigenvalue weighted by Gasteiger charge is 2.33. The molecule has 1 amide bonds. The fraction of sp³-hybridized carbons (Fsp3) is 0.389. The molecule has 1 aromatic heterocycles. The summed E-state index contributed by atoms with van der Waals surface area (Å²) in [5.74, 6) is 0.847. The van der Waals surface area contributed by atoms with Crippen molar-refractivity contribution in [2.75, 3.05) is 25.5 Å². The molecule has 1 atom stereocenters. The van der Waals surface area contributed by atoms with Gasteiger partial charge in [0, 0.05) is 18.0 Å². The van der Waals surface area contributed by atoms with Gasteiger partial charge in [-0.15, -0.1) is 11.3 Å². The number of hydrogen-bond acceptors (Lipinski definition) is 5. The number of carbonyl (C=O) groups excluding carboxylic acids is 1. The zero-order valence-corrected chi connectivity index (χ0v) is 14.7. The van der Waals surface area contributed by atoms with Crippen molar-refractivity contribution in [2.45, 2.75) is 26.1 Å². The fourth-order valence-corrected chi connectivity index (χ4v) is 4.72. The Morgan fingerprint density at radius 1 is 1.29 bits per heavy atom. The van der Waals surface area contributed by atoms with Gasteiger partial charge < -0.3 is 15.4 Å². The number of ether oxygens (including phenoxy) is 1. The van der Waals surface area contributed by atoms with E-state index in [0.717, 1.165) is 47.9 Å². The second-order valence-corrected chi connectivity index (χ2v) is 7.26. The molecule has 126 valence electrons. The van der Waals surface area contributed by atoms with Crippen LogP contribution in [-0.2, 0) is 13.0 Å². The maximum absolute atomic E-state index is 12.7. The van der Waals surface area contributed by atoms with Gasteiger partial charge in [0.15, 0.2) is 0 Å². The van der Waals surface area contributed by atoms with Crippen molar-refractivity contribution < 1.29 is 9.53 Å². The molecule has 2 aliphatic rings. The third kappa shape index (κ3) is 2.56. The van der Waals surface area contributed by atoms with Crippen LogP contribution in [0, 0.1) is 0 Å². The predicted octanol–water partition coefficient (Wildman–Crippen LogP) is 2.99. The molecule has 0 saturated heterocycles. The van der Waals surface area contributed by atoms with E-state index in [9.17, 15) is 4.79 Å². The van der Waals surface area contributed by atoms with Crippen LogP contribution in [0.3, 0.4) is 0 Å². The van der Waals surface area contributed by atoms with Crippen molar-refractivity contribution in [1.29, 1.82) is 0 Å². The minimum atomic E-state index is -0.196. The first-order valence-corrected chi connectivity index (χ1v) is 9.09. The van der Waals surface area contributed by atoms with Crippen LogP contribution in [0.1, 0.15) is 39.5 Å². The van der Waals surface area contributed by atoms with E-state index in [2.05, 4.69) is 22.5 Å². The summed E-state index contributed by atoms with van der Waals surface area (Å²) in [6, 6.07) is 7.79. The minimum Gasteiger partial charge on any atom is -0.497 e. The molecule has 2 N–H and O–H groups in total. The summed E-state index contributed by atoms with van der Waals surface area (Å²) < 4.78 is 5.20. The van der Waals surface area contributed by atoms with Gasteiger partial charge in [0.1, 0.15) is 16.9 Å². The van der Waals surface area contributed by atoms with Gasteiger partial charge in [0.05, 0.1) is 12.7 Å². The lowest BCUT2D eigenvalue weighted by Gasteiger charge is -2.28. The number of fused-ring (bicyclic) bond motifs is 3. The summed E-state index contributed by atoms with van der Waals surface area (Å²) in [6.45, 7) is 5.22. The highest BCUT2D eigenvalue weighted by molar-refractivity contribution is 7.16. The van der Waals surface area contributed by atoms with Crippen LogP contribution in [0.4, 0.5) is 5.00 Å². The van der Waals surface area contributed by atoms with E-state index in [0.29, 0.717) is 0 Å². The van der Waals surface area contributed by atoms with Crippen molar-refractivity contribution in [3.05, 3.63) is 45.8 Å². The van der Waals surface area contributed by atoms with Crippen LogP contribution in [0.15, 0.2) is 24.3 Å². The number of carbonyl (C=O) groups is 1. The Kier molecular flexibility index (Phi) is 3.94. The Morgan fingerprint density at radius 3 is 2.79 bits per heavy atom. The number of hydrogen-bond donors (Lipinski definition) is 2. The van der Waals surface area contributed by atoms with E-state index in [1.807, 2.05) is 24.3 Å². The molecule has 24 heavy (non-hydrogen) atoms. The summed E-state index contributed by atoms with van der Waals surface area (Å²) in [4.78, 5) is 16.4. The third-order valence-corrected chi connectivity index (χ3v) is 5.96. The summed E-state index contributed by atoms with van der Waals surface area (Å²) in [6.07, 6.45) is 0.760. The van der Waals surface area contributed by atoms with Gasteiger partial charge in [-0.3, -0.25) is 9.69 Å². The highest BCUT2D eigenvalue weighted by Crippen LogP contribution is 2.40. The third-order valence-electron chi connectivity index (χ3n) is 4.81. The lowest BCUT2D eigenvalue weighted by atomic mass is 10.0. The first kappa shape index (κ1) is 15.5. The van der Waals surface area contributed by atoms with E-state index < -0.39 is 0 Å². The Morgan fingerprint density at radius 2 is 2.08 bits per heavy atom. The van der Waals surface area contributed by atoms with Gasteiger partial charge >= 0.3 is 0 Å². The minimum absolute atomic E-state index is 0.0343. The summed E-state index contributed by atoms with van der Waals surface area (Å²) in [5.41, 5.74) is 3.12. The SMILES string of the molecule is CCN1CCc2c(sc3c2C(=O)N[C@@H](c2ccc(OC)cc2)N3)C1. The molecule has 0 unspecified atom stereocenters. The number of nitrogens with zero attached hydrogens (tertiary/aromatic N) is 1. The molecule has 4 rings (SSSR count). The lowest BCUT2D eigenvalue weighted by Crippen LogP contribution is -2.38. The van der Waals surface area contributed by atoms with E-state index in [1.165, 1.54) is 10.4 Å². The molecule has 5 nitrogen and oxygen atoms in total. The first-order chi connectivity index (χ1) is 11.7. The average molecular weight is 343 g/mol. The van der Waals surface area contributed by atoms with Crippen LogP contribution in [-0.4, -0.2) is 31.0 Å². The second kappa shape index (κ2) is 6.11. The van der Waals surface area contributed by atoms with Crippen molar-refractivity contribution in [3.63, 3.8) is 0 Å². The molecule has 0 radical (unpaired) electrons. The summed E-state index contributed by atoms with van der Waals surface area (Å²) in [5, 5.41) is 7.59. The molecule has 0 fully saturated rings. The number of amides is 1. The highest BCUT2D eigenvalue weighted by atomic mass is 32.1. The standard InChI is InChI=1S/C18H21N3O2S/c1-3-21-9-8-13-14(10-21)24-18-15(13)17(22)19-16(20-18)11-4-6-12(23-2)7-5-11/h4-7,16,20H,3,8-10H2,1-2H3,(H,19,22)/t16-/m1/s1. The van der Waals surface area contributed by atoms with Gasteiger partial charge in [-0.1, -0.05) is 19.1 Å². The van der Waals surface area contributed by atoms with E-state index >= 15 is 0 Å². The first-order valence-electron chi connectivity index (χ1n) is 8.28. The largest absolute Gasteiger partial charge is 0.497 e. The number of methoxy groups -OCH3 is 1. The Bertz CT molecular complexity index is 769. The van der Waals surface area contributed by atoms with E-state index in [4.69, 9.17) is 4.74 Å². The van der Waals surface area contributed by atoms with Gasteiger partial charge in [-0.2, -0.15) is 0 Å². The molecular weight excluding hydrogens is 322 g/mol. The molecule has 0 saturated carbocycles. The van der Waals surface area contributed by atoms with Gasteiger partial charge in [0.25, 0.3) is 5.91 Å². The van der Waals surface area contributed by atoms with E-state index in [1.54, 1.807) is 18.4 Å². The van der Waals surface area contributed by atoms with Crippen LogP contribution in [0.2, 0.25) is 0 Å². The van der Waals surface area contributed by atoms with Crippen molar-refractivity contribution >= 4 is 22.2 Å². The van der Waals surface area contributed by atoms with Gasteiger partial charge in [-0.25, -0.2) is 0 Å². The molecule has 1 aromatic carbocycles. The number of nitrogens with one attached hydrogen (secondary N) is 2. The Balaban J connectivity index is 1.63. The summed E-state index contributed by atoms with van der Waals surface area (Å²) in [7, 11) is 1.65. The fourth-order valence-electron chi connectivity index (χ4n) is 3.40. The lowest BCUT2D eigenvalue weighted by molar-refractivity contribution is 0.0934. The molecule has 0 spiro atoms. The topological polar surface area (TPSA) is 53.6 Å². The number of anilines is 1. The smallest absolute Gasteiger partial charge is 0.256 e. The molecule has 2 aromatic rings. The van der Waals surface area contributed by atoms with Crippen molar-refractivity contribution in [2.24, 2.45) is 0 Å². The van der Waals surface area contributed by atoms with E-state index in [-0.39, 0.29) is 12.1 Å². The molecule has 3 heterocycles. The molecular formula is C18H21N3O2S. The normalized spacial score (nSPS) is 19.9. The van der Waals surface area contributed by atoms with Crippen LogP contribution in [0.5, 0.6) is 5.75 Å². The maximum Gasteiger partial charge on any atom is 0.256 e. The molecule has 0 aliphatic carbocycles. The number of rotatable bonds is 3. The predicted molar refractivity (Wildman–Crippen MR) is 95.8 cm³/mol. The quantitative estimate of drug-likeness (QED) is 0.900. The molecule has 2 aliphatic heterocycles. The molecule has 0 bridgehead atoms. The van der Waals surface area contributed by atoms with Gasteiger partial charge in [-0.05, 0) is 36.2 Å². The zero-order chi connectivity index (χ0) is 16.7. The van der Waals surface area contributed by atoms with Crippen molar-refractivity contribution in [3.8, 4) is 5.75 Å². The van der Waals surface area contributed by atoms with Crippen LogP contribution in [0.25, 0.3) is 0 Å². The molecule has 6 heteroatoms. The number of benzene rings is 1. The average Bonchev–Trinajstić information content (AvgIpc) is 2.99. The van der Waals surface area contributed by atoms with Crippen LogP contribution >= 0.6 is 11.3 Å². The Labute approximate surface area is 145 Å². The monoisotopic (exact) mass is 343 g/mol. The van der Waals surface area contributed by atoms with Crippen molar-refractivity contribution in [1.82, 2.24) is 10.2 Å². The number of thiophene rings is 1.